The van der Waals surface area contributed by atoms with Crippen molar-refractivity contribution in [3.63, 3.8) is 0 Å². The van der Waals surface area contributed by atoms with Crippen LogP contribution in [0.2, 0.25) is 0 Å². The zero-order valence-electron chi connectivity index (χ0n) is 11.8. The fourth-order valence-electron chi connectivity index (χ4n) is 1.58. The third kappa shape index (κ3) is 4.14. The fraction of sp³-hybridized carbons (Fsp3) is 0.692. The van der Waals surface area contributed by atoms with Crippen molar-refractivity contribution in [1.29, 1.82) is 0 Å². The average Bonchev–Trinajstić information content (AvgIpc) is 2.64. The molecule has 3 N–H and O–H groups in total. The van der Waals surface area contributed by atoms with E-state index in [1.165, 1.54) is 0 Å². The van der Waals surface area contributed by atoms with Crippen LogP contribution in [0.3, 0.4) is 0 Å². The second-order valence-corrected chi connectivity index (χ2v) is 5.75. The Kier molecular flexibility index (Phi) is 4.90. The summed E-state index contributed by atoms with van der Waals surface area (Å²) in [7, 11) is 0. The van der Waals surface area contributed by atoms with Gasteiger partial charge >= 0.3 is 0 Å². The third-order valence-electron chi connectivity index (χ3n) is 2.70. The molecule has 1 amide bonds. The van der Waals surface area contributed by atoms with Gasteiger partial charge in [-0.15, -0.1) is 0 Å². The van der Waals surface area contributed by atoms with Gasteiger partial charge in [-0.1, -0.05) is 20.8 Å². The van der Waals surface area contributed by atoms with Gasteiger partial charge < -0.3 is 11.1 Å². The first-order chi connectivity index (χ1) is 8.35. The number of rotatable bonds is 5. The topological polar surface area (TPSA) is 72.9 Å². The smallest absolute Gasteiger partial charge is 0.254 e. The van der Waals surface area contributed by atoms with E-state index in [2.05, 4.69) is 31.2 Å². The highest BCUT2D eigenvalue weighted by atomic mass is 16.1. The molecule has 0 bridgehead atoms. The van der Waals surface area contributed by atoms with Crippen LogP contribution in [0.15, 0.2) is 6.20 Å². The van der Waals surface area contributed by atoms with Crippen LogP contribution < -0.4 is 11.1 Å². The molecule has 0 aliphatic heterocycles. The van der Waals surface area contributed by atoms with E-state index in [9.17, 15) is 4.79 Å². The lowest BCUT2D eigenvalue weighted by Gasteiger charge is -2.18. The van der Waals surface area contributed by atoms with Crippen LogP contribution in [0, 0.1) is 12.3 Å². The number of nitrogens with one attached hydrogen (secondary N) is 1. The monoisotopic (exact) mass is 252 g/mol. The van der Waals surface area contributed by atoms with Gasteiger partial charge in [0, 0.05) is 18.8 Å². The second kappa shape index (κ2) is 6.00. The van der Waals surface area contributed by atoms with E-state index in [1.807, 2.05) is 11.6 Å². The minimum absolute atomic E-state index is 0.0542. The average molecular weight is 252 g/mol. The first kappa shape index (κ1) is 14.7. The van der Waals surface area contributed by atoms with Crippen LogP contribution >= 0.6 is 0 Å². The molecule has 0 aliphatic rings. The SMILES string of the molecule is Cc1c(C(=O)NCC(C)(C)C)cnn1CCCN. The second-order valence-electron chi connectivity index (χ2n) is 5.75. The van der Waals surface area contributed by atoms with Crippen LogP contribution in [0.1, 0.15) is 43.2 Å². The minimum atomic E-state index is -0.0542. The van der Waals surface area contributed by atoms with Crippen molar-refractivity contribution in [1.82, 2.24) is 15.1 Å². The van der Waals surface area contributed by atoms with E-state index in [4.69, 9.17) is 5.73 Å². The lowest BCUT2D eigenvalue weighted by Crippen LogP contribution is -2.32. The Labute approximate surface area is 109 Å². The van der Waals surface area contributed by atoms with E-state index in [0.717, 1.165) is 18.7 Å². The molecule has 102 valence electrons. The summed E-state index contributed by atoms with van der Waals surface area (Å²) in [5, 5.41) is 7.15. The number of hydrogen-bond donors (Lipinski definition) is 2. The molecule has 18 heavy (non-hydrogen) atoms. The van der Waals surface area contributed by atoms with Crippen LogP contribution in [0.4, 0.5) is 0 Å². The Morgan fingerprint density at radius 1 is 1.50 bits per heavy atom. The molecular weight excluding hydrogens is 228 g/mol. The zero-order valence-corrected chi connectivity index (χ0v) is 11.8. The summed E-state index contributed by atoms with van der Waals surface area (Å²) in [6.07, 6.45) is 2.50. The van der Waals surface area contributed by atoms with Gasteiger partial charge in [0.05, 0.1) is 11.8 Å². The van der Waals surface area contributed by atoms with Crippen LogP contribution in [-0.2, 0) is 6.54 Å². The van der Waals surface area contributed by atoms with Gasteiger partial charge in [-0.05, 0) is 25.3 Å². The van der Waals surface area contributed by atoms with Crippen molar-refractivity contribution in [2.45, 2.75) is 40.7 Å². The number of carbonyl (C=O) groups excluding carboxylic acids is 1. The summed E-state index contributed by atoms with van der Waals surface area (Å²) in [6.45, 7) is 10.2. The van der Waals surface area contributed by atoms with Gasteiger partial charge in [-0.3, -0.25) is 9.48 Å². The van der Waals surface area contributed by atoms with Crippen LogP contribution in [-0.4, -0.2) is 28.8 Å². The predicted molar refractivity (Wildman–Crippen MR) is 72.4 cm³/mol. The third-order valence-corrected chi connectivity index (χ3v) is 2.70. The van der Waals surface area contributed by atoms with Gasteiger partial charge in [0.15, 0.2) is 0 Å². The normalized spacial score (nSPS) is 11.6. The van der Waals surface area contributed by atoms with Crippen molar-refractivity contribution in [3.8, 4) is 0 Å². The molecule has 0 atom stereocenters. The van der Waals surface area contributed by atoms with Gasteiger partial charge in [0.25, 0.3) is 5.91 Å². The summed E-state index contributed by atoms with van der Waals surface area (Å²) in [5.74, 6) is -0.0542. The highest BCUT2D eigenvalue weighted by Crippen LogP contribution is 2.12. The molecule has 5 nitrogen and oxygen atoms in total. The largest absolute Gasteiger partial charge is 0.351 e. The molecule has 1 aromatic heterocycles. The summed E-state index contributed by atoms with van der Waals surface area (Å²) in [6, 6.07) is 0. The van der Waals surface area contributed by atoms with E-state index in [1.54, 1.807) is 6.20 Å². The number of hydrogen-bond acceptors (Lipinski definition) is 3. The molecule has 0 fully saturated rings. The van der Waals surface area contributed by atoms with Crippen LogP contribution in [0.25, 0.3) is 0 Å². The molecule has 0 unspecified atom stereocenters. The molecular formula is C13H24N4O. The highest BCUT2D eigenvalue weighted by molar-refractivity contribution is 5.95. The van der Waals surface area contributed by atoms with Crippen molar-refractivity contribution in [2.24, 2.45) is 11.1 Å². The van der Waals surface area contributed by atoms with E-state index in [-0.39, 0.29) is 11.3 Å². The predicted octanol–water partition coefficient (Wildman–Crippen LogP) is 1.32. The van der Waals surface area contributed by atoms with Gasteiger partial charge in [-0.2, -0.15) is 5.10 Å². The quantitative estimate of drug-likeness (QED) is 0.830. The molecule has 1 heterocycles. The maximum atomic E-state index is 12.0. The zero-order chi connectivity index (χ0) is 13.8. The molecule has 1 rings (SSSR count). The fourth-order valence-corrected chi connectivity index (χ4v) is 1.58. The summed E-state index contributed by atoms with van der Waals surface area (Å²) in [5.41, 5.74) is 7.10. The number of nitrogens with two attached hydrogens (primary N) is 1. The number of aryl methyl sites for hydroxylation is 1. The Balaban J connectivity index is 2.66. The number of aromatic nitrogens is 2. The Hall–Kier alpha value is -1.36. The van der Waals surface area contributed by atoms with Crippen molar-refractivity contribution in [3.05, 3.63) is 17.5 Å². The number of carbonyl (C=O) groups is 1. The van der Waals surface area contributed by atoms with Gasteiger partial charge in [-0.25, -0.2) is 0 Å². The molecule has 0 radical (unpaired) electrons. The van der Waals surface area contributed by atoms with Gasteiger partial charge in [0.1, 0.15) is 0 Å². The summed E-state index contributed by atoms with van der Waals surface area (Å²) < 4.78 is 1.83. The molecule has 0 aliphatic carbocycles. The van der Waals surface area contributed by atoms with E-state index < -0.39 is 0 Å². The Morgan fingerprint density at radius 2 is 2.17 bits per heavy atom. The number of amides is 1. The van der Waals surface area contributed by atoms with E-state index in [0.29, 0.717) is 18.7 Å². The number of nitrogens with zero attached hydrogens (tertiary/aromatic N) is 2. The van der Waals surface area contributed by atoms with Crippen LogP contribution in [0.5, 0.6) is 0 Å². The molecule has 5 heteroatoms. The molecule has 0 aromatic carbocycles. The first-order valence-electron chi connectivity index (χ1n) is 6.36. The maximum absolute atomic E-state index is 12.0. The molecule has 0 saturated carbocycles. The summed E-state index contributed by atoms with van der Waals surface area (Å²) in [4.78, 5) is 12.0. The van der Waals surface area contributed by atoms with Crippen molar-refractivity contribution >= 4 is 5.91 Å². The molecule has 0 spiro atoms. The molecule has 1 aromatic rings. The van der Waals surface area contributed by atoms with E-state index >= 15 is 0 Å². The van der Waals surface area contributed by atoms with Gasteiger partial charge in [0.2, 0.25) is 0 Å². The van der Waals surface area contributed by atoms with Crippen molar-refractivity contribution in [2.75, 3.05) is 13.1 Å². The minimum Gasteiger partial charge on any atom is -0.351 e. The standard InChI is InChI=1S/C13H24N4O/c1-10-11(8-16-17(10)7-5-6-14)12(18)15-9-13(2,3)4/h8H,5-7,9,14H2,1-4H3,(H,15,18). The Bertz CT molecular complexity index is 404. The maximum Gasteiger partial charge on any atom is 0.254 e. The van der Waals surface area contributed by atoms with Crippen molar-refractivity contribution < 1.29 is 4.79 Å². The Morgan fingerprint density at radius 3 is 2.72 bits per heavy atom. The first-order valence-corrected chi connectivity index (χ1v) is 6.36. The summed E-state index contributed by atoms with van der Waals surface area (Å²) >= 11 is 0. The highest BCUT2D eigenvalue weighted by Gasteiger charge is 2.16. The molecule has 0 saturated heterocycles. The lowest BCUT2D eigenvalue weighted by atomic mass is 9.97. The lowest BCUT2D eigenvalue weighted by molar-refractivity contribution is 0.0938.